The molecule has 4 rings (SSSR count). The van der Waals surface area contributed by atoms with E-state index in [0.29, 0.717) is 0 Å². The molecule has 2 aliphatic rings. The Morgan fingerprint density at radius 2 is 1.70 bits per heavy atom. The average Bonchev–Trinajstić information content (AvgIpc) is 2.88. The van der Waals surface area contributed by atoms with Gasteiger partial charge in [0, 0.05) is 25.2 Å². The van der Waals surface area contributed by atoms with E-state index in [1.54, 1.807) is 12.1 Å². The molecule has 0 radical (unpaired) electrons. The molecule has 2 atom stereocenters. The van der Waals surface area contributed by atoms with Gasteiger partial charge < -0.3 is 15.5 Å². The van der Waals surface area contributed by atoms with Crippen molar-refractivity contribution in [1.29, 1.82) is 0 Å². The number of fused-ring (bicyclic) bond motifs is 5. The largest absolute Gasteiger partial charge is 0.372 e. The Bertz CT molecular complexity index is 1020. The number of hydrogen-bond acceptors (Lipinski definition) is 6. The number of anilines is 1. The lowest BCUT2D eigenvalue weighted by Gasteiger charge is -2.29. The Labute approximate surface area is 129 Å². The van der Waals surface area contributed by atoms with Crippen LogP contribution in [-0.2, 0) is 25.4 Å². The topological polar surface area (TPSA) is 114 Å². The first kappa shape index (κ1) is 13.9. The van der Waals surface area contributed by atoms with Crippen LogP contribution in [0, 0.1) is 0 Å². The number of carbonyl (C=O) groups excluding carboxylic acids is 1. The minimum Gasteiger partial charge on any atom is -0.372 e. The second kappa shape index (κ2) is 3.79. The normalized spacial score (nSPS) is 27.4. The molecule has 1 aliphatic carbocycles. The van der Waals surface area contributed by atoms with E-state index in [2.05, 4.69) is 5.32 Å². The molecule has 2 aromatic rings. The van der Waals surface area contributed by atoms with Crippen molar-refractivity contribution in [2.24, 2.45) is 14.1 Å². The first-order valence-electron chi connectivity index (χ1n) is 6.93. The van der Waals surface area contributed by atoms with Gasteiger partial charge in [0.05, 0.1) is 0 Å². The van der Waals surface area contributed by atoms with E-state index in [9.17, 15) is 24.6 Å². The summed E-state index contributed by atoms with van der Waals surface area (Å²) in [5.41, 5.74) is -6.16. The number of Topliss-reactive ketones (excluding diaryl/α,β-unsaturated/α-hetero) is 1. The average molecular weight is 315 g/mol. The zero-order valence-corrected chi connectivity index (χ0v) is 12.3. The minimum atomic E-state index is -2.48. The van der Waals surface area contributed by atoms with E-state index in [1.807, 2.05) is 0 Å². The third kappa shape index (κ3) is 1.24. The third-order valence-electron chi connectivity index (χ3n) is 4.74. The third-order valence-corrected chi connectivity index (χ3v) is 4.74. The molecular weight excluding hydrogens is 302 g/mol. The van der Waals surface area contributed by atoms with Crippen molar-refractivity contribution in [2.45, 2.75) is 11.3 Å². The monoisotopic (exact) mass is 315 g/mol. The Kier molecular flexibility index (Phi) is 2.29. The highest BCUT2D eigenvalue weighted by Crippen LogP contribution is 2.54. The van der Waals surface area contributed by atoms with Crippen molar-refractivity contribution >= 4 is 11.6 Å². The molecule has 0 fully saturated rings. The number of nitrogens with zero attached hydrogens (tertiary/aromatic N) is 2. The Balaban J connectivity index is 2.17. The molecule has 0 bridgehead atoms. The summed E-state index contributed by atoms with van der Waals surface area (Å²) in [4.78, 5) is 37.3. The zero-order valence-electron chi connectivity index (χ0n) is 12.3. The Morgan fingerprint density at radius 3 is 2.39 bits per heavy atom. The van der Waals surface area contributed by atoms with Gasteiger partial charge in [-0.2, -0.15) is 0 Å². The number of aromatic nitrogens is 2. The molecule has 2 heterocycles. The van der Waals surface area contributed by atoms with E-state index in [1.165, 1.54) is 26.2 Å². The van der Waals surface area contributed by atoms with Crippen LogP contribution in [0.1, 0.15) is 21.5 Å². The SMILES string of the molecule is Cn1c2c(c(=O)n(C)c1=O)[C@]1(O)C(=O)c3ccccc3[C@]1(O)N2. The molecule has 0 saturated carbocycles. The van der Waals surface area contributed by atoms with Crippen molar-refractivity contribution in [2.75, 3.05) is 5.32 Å². The maximum atomic E-state index is 12.7. The van der Waals surface area contributed by atoms with Gasteiger partial charge in [-0.1, -0.05) is 24.3 Å². The number of aliphatic hydroxyl groups is 2. The van der Waals surface area contributed by atoms with Crippen molar-refractivity contribution < 1.29 is 15.0 Å². The summed E-state index contributed by atoms with van der Waals surface area (Å²) >= 11 is 0. The van der Waals surface area contributed by atoms with Gasteiger partial charge in [-0.15, -0.1) is 0 Å². The summed E-state index contributed by atoms with van der Waals surface area (Å²) in [5, 5.41) is 24.7. The van der Waals surface area contributed by atoms with Crippen LogP contribution < -0.4 is 16.6 Å². The lowest BCUT2D eigenvalue weighted by atomic mass is 9.88. The lowest BCUT2D eigenvalue weighted by molar-refractivity contribution is -0.101. The van der Waals surface area contributed by atoms with Crippen LogP contribution in [0.4, 0.5) is 5.82 Å². The van der Waals surface area contributed by atoms with Crippen molar-refractivity contribution in [3.63, 3.8) is 0 Å². The summed E-state index contributed by atoms with van der Waals surface area (Å²) in [6.07, 6.45) is 0. The summed E-state index contributed by atoms with van der Waals surface area (Å²) in [7, 11) is 2.63. The zero-order chi connectivity index (χ0) is 16.7. The van der Waals surface area contributed by atoms with Crippen LogP contribution in [0.15, 0.2) is 33.9 Å². The maximum Gasteiger partial charge on any atom is 0.332 e. The van der Waals surface area contributed by atoms with E-state index in [4.69, 9.17) is 0 Å². The fourth-order valence-corrected chi connectivity index (χ4v) is 3.49. The van der Waals surface area contributed by atoms with E-state index >= 15 is 0 Å². The highest BCUT2D eigenvalue weighted by Gasteiger charge is 2.70. The molecule has 0 amide bonds. The standard InChI is InChI=1S/C15H13N3O5/c1-17-11-9(12(20)18(2)13(17)21)14(22)10(19)7-5-3-4-6-8(7)15(14,23)16-11/h3-6,16,22-23H,1-2H3/t14-,15+/m0/s1. The predicted octanol–water partition coefficient (Wildman–Crippen LogP) is -1.26. The van der Waals surface area contributed by atoms with Crippen molar-refractivity contribution in [3.8, 4) is 0 Å². The van der Waals surface area contributed by atoms with Gasteiger partial charge in [0.1, 0.15) is 11.4 Å². The molecule has 0 saturated heterocycles. The van der Waals surface area contributed by atoms with Gasteiger partial charge in [-0.05, 0) is 0 Å². The maximum absolute atomic E-state index is 12.7. The van der Waals surface area contributed by atoms with Crippen molar-refractivity contribution in [3.05, 3.63) is 61.8 Å². The van der Waals surface area contributed by atoms with Crippen LogP contribution in [0.5, 0.6) is 0 Å². The summed E-state index contributed by atoms with van der Waals surface area (Å²) in [6.45, 7) is 0. The highest BCUT2D eigenvalue weighted by atomic mass is 16.4. The van der Waals surface area contributed by atoms with Crippen LogP contribution in [-0.4, -0.2) is 25.1 Å². The molecular formula is C15H13N3O5. The molecule has 1 aromatic heterocycles. The van der Waals surface area contributed by atoms with Gasteiger partial charge >= 0.3 is 5.69 Å². The predicted molar refractivity (Wildman–Crippen MR) is 79.1 cm³/mol. The number of rotatable bonds is 0. The van der Waals surface area contributed by atoms with Gasteiger partial charge in [-0.25, -0.2) is 4.79 Å². The molecule has 8 heteroatoms. The summed E-state index contributed by atoms with van der Waals surface area (Å²) in [6, 6.07) is 6.17. The molecule has 1 aliphatic heterocycles. The quantitative estimate of drug-likeness (QED) is 0.559. The second-order valence-corrected chi connectivity index (χ2v) is 5.85. The Morgan fingerprint density at radius 1 is 1.04 bits per heavy atom. The summed E-state index contributed by atoms with van der Waals surface area (Å²) < 4.78 is 1.88. The number of hydrogen-bond donors (Lipinski definition) is 3. The number of benzene rings is 1. The molecule has 118 valence electrons. The fourth-order valence-electron chi connectivity index (χ4n) is 3.49. The smallest absolute Gasteiger partial charge is 0.332 e. The van der Waals surface area contributed by atoms with Crippen LogP contribution >= 0.6 is 0 Å². The van der Waals surface area contributed by atoms with Gasteiger partial charge in [0.25, 0.3) is 5.56 Å². The first-order chi connectivity index (χ1) is 10.7. The summed E-state index contributed by atoms with van der Waals surface area (Å²) in [5.74, 6) is -0.844. The van der Waals surface area contributed by atoms with Crippen LogP contribution in [0.3, 0.4) is 0 Å². The van der Waals surface area contributed by atoms with Gasteiger partial charge in [0.15, 0.2) is 0 Å². The molecule has 23 heavy (non-hydrogen) atoms. The molecule has 3 N–H and O–H groups in total. The Hall–Kier alpha value is -2.71. The molecule has 0 spiro atoms. The molecule has 0 unspecified atom stereocenters. The second-order valence-electron chi connectivity index (χ2n) is 5.85. The van der Waals surface area contributed by atoms with Crippen LogP contribution in [0.2, 0.25) is 0 Å². The number of ketones is 1. The number of nitrogens with one attached hydrogen (secondary N) is 1. The van der Waals surface area contributed by atoms with Crippen molar-refractivity contribution in [1.82, 2.24) is 9.13 Å². The van der Waals surface area contributed by atoms with E-state index in [-0.39, 0.29) is 22.5 Å². The fraction of sp³-hybridized carbons (Fsp3) is 0.267. The molecule has 8 nitrogen and oxygen atoms in total. The van der Waals surface area contributed by atoms with Crippen LogP contribution in [0.25, 0.3) is 0 Å². The highest BCUT2D eigenvalue weighted by molar-refractivity contribution is 6.11. The minimum absolute atomic E-state index is 0.0639. The first-order valence-corrected chi connectivity index (χ1v) is 6.93. The van der Waals surface area contributed by atoms with Gasteiger partial charge in [-0.3, -0.25) is 18.7 Å². The van der Waals surface area contributed by atoms with E-state index < -0.39 is 28.4 Å². The number of carbonyl (C=O) groups is 1. The van der Waals surface area contributed by atoms with E-state index in [0.717, 1.165) is 9.13 Å². The van der Waals surface area contributed by atoms with Gasteiger partial charge in [0.2, 0.25) is 17.1 Å². The molecule has 1 aromatic carbocycles. The lowest BCUT2D eigenvalue weighted by Crippen LogP contribution is -2.52.